The van der Waals surface area contributed by atoms with E-state index >= 15 is 0 Å². The Morgan fingerprint density at radius 2 is 1.79 bits per heavy atom. The fourth-order valence-electron chi connectivity index (χ4n) is 3.75. The highest BCUT2D eigenvalue weighted by Gasteiger charge is 2.56. The van der Waals surface area contributed by atoms with Gasteiger partial charge in [0, 0.05) is 6.42 Å². The van der Waals surface area contributed by atoms with Crippen molar-refractivity contribution in [3.63, 3.8) is 0 Å². The van der Waals surface area contributed by atoms with Gasteiger partial charge in [-0.2, -0.15) is 5.10 Å². The van der Waals surface area contributed by atoms with Crippen LogP contribution >= 0.6 is 0 Å². The molecule has 3 saturated heterocycles. The summed E-state index contributed by atoms with van der Waals surface area (Å²) in [6.07, 6.45) is 4.06. The molecule has 0 saturated carbocycles. The van der Waals surface area contributed by atoms with Crippen LogP contribution in [0.1, 0.15) is 73.1 Å². The number of fused-ring (bicyclic) bond motifs is 1. The van der Waals surface area contributed by atoms with Crippen LogP contribution in [-0.2, 0) is 28.5 Å². The SMILES string of the molecule is CCCCCCCC(=O)N/N=C1/[C@H]2OC(C)(C)O[C@H]2O[C@@H]1[C@@H]1COC(C)(C)O1. The Bertz CT molecular complexity index is 591. The van der Waals surface area contributed by atoms with Gasteiger partial charge in [0.15, 0.2) is 24.0 Å². The van der Waals surface area contributed by atoms with Gasteiger partial charge < -0.3 is 23.7 Å². The maximum absolute atomic E-state index is 12.2. The van der Waals surface area contributed by atoms with Crippen LogP contribution in [0, 0.1) is 0 Å². The molecule has 8 heteroatoms. The van der Waals surface area contributed by atoms with Crippen LogP contribution in [0.5, 0.6) is 0 Å². The minimum atomic E-state index is -0.767. The molecule has 1 amide bonds. The lowest BCUT2D eigenvalue weighted by Crippen LogP contribution is -2.41. The third-order valence-electron chi connectivity index (χ3n) is 5.11. The van der Waals surface area contributed by atoms with Crippen LogP contribution in [-0.4, -0.2) is 54.4 Å². The van der Waals surface area contributed by atoms with Crippen molar-refractivity contribution in [1.82, 2.24) is 5.43 Å². The monoisotopic (exact) mass is 398 g/mol. The summed E-state index contributed by atoms with van der Waals surface area (Å²) in [6, 6.07) is 0. The summed E-state index contributed by atoms with van der Waals surface area (Å²) in [5.41, 5.74) is 3.25. The van der Waals surface area contributed by atoms with Crippen LogP contribution < -0.4 is 5.43 Å². The van der Waals surface area contributed by atoms with Crippen LogP contribution in [0.25, 0.3) is 0 Å². The molecular weight excluding hydrogens is 364 g/mol. The molecule has 4 atom stereocenters. The van der Waals surface area contributed by atoms with E-state index in [4.69, 9.17) is 23.7 Å². The fraction of sp³-hybridized carbons (Fsp3) is 0.900. The van der Waals surface area contributed by atoms with E-state index in [2.05, 4.69) is 17.5 Å². The second-order valence-corrected chi connectivity index (χ2v) is 8.58. The number of carbonyl (C=O) groups is 1. The van der Waals surface area contributed by atoms with Crippen molar-refractivity contribution in [3.8, 4) is 0 Å². The number of hydrogen-bond donors (Lipinski definition) is 1. The summed E-state index contributed by atoms with van der Waals surface area (Å²) in [5, 5.41) is 4.37. The molecule has 3 heterocycles. The average Bonchev–Trinajstić information content (AvgIpc) is 3.21. The lowest BCUT2D eigenvalue weighted by Gasteiger charge is -2.24. The van der Waals surface area contributed by atoms with Crippen LogP contribution in [0.4, 0.5) is 0 Å². The average molecular weight is 399 g/mol. The van der Waals surface area contributed by atoms with Crippen molar-refractivity contribution in [1.29, 1.82) is 0 Å². The molecule has 160 valence electrons. The molecule has 0 aliphatic carbocycles. The summed E-state index contributed by atoms with van der Waals surface area (Å²) in [7, 11) is 0. The molecule has 28 heavy (non-hydrogen) atoms. The number of nitrogens with one attached hydrogen (secondary N) is 1. The number of amides is 1. The number of rotatable bonds is 8. The minimum Gasteiger partial charge on any atom is -0.348 e. The maximum atomic E-state index is 12.2. The van der Waals surface area contributed by atoms with Gasteiger partial charge in [0.2, 0.25) is 5.91 Å². The van der Waals surface area contributed by atoms with Gasteiger partial charge in [-0.1, -0.05) is 32.6 Å². The highest BCUT2D eigenvalue weighted by molar-refractivity contribution is 5.96. The second kappa shape index (κ2) is 8.75. The molecule has 3 rings (SSSR count). The van der Waals surface area contributed by atoms with E-state index in [0.29, 0.717) is 18.7 Å². The standard InChI is InChI=1S/C20H34N2O6/c1-6-7-8-9-10-11-14(23)21-22-15-16(13-12-24-19(2,3)26-13)25-18-17(15)27-20(4,5)28-18/h13,16-18H,6-12H2,1-5H3,(H,21,23)/b22-15+/t13-,16+,17+,18+/m0/s1. The summed E-state index contributed by atoms with van der Waals surface area (Å²) in [5.74, 6) is -1.55. The van der Waals surface area contributed by atoms with Crippen molar-refractivity contribution in [2.75, 3.05) is 6.61 Å². The van der Waals surface area contributed by atoms with Crippen molar-refractivity contribution in [3.05, 3.63) is 0 Å². The van der Waals surface area contributed by atoms with Crippen molar-refractivity contribution in [2.45, 2.75) is 109 Å². The molecule has 0 aromatic heterocycles. The summed E-state index contributed by atoms with van der Waals surface area (Å²) < 4.78 is 29.4. The maximum Gasteiger partial charge on any atom is 0.240 e. The van der Waals surface area contributed by atoms with E-state index in [1.165, 1.54) is 12.8 Å². The van der Waals surface area contributed by atoms with Crippen LogP contribution in [0.15, 0.2) is 5.10 Å². The fourth-order valence-corrected chi connectivity index (χ4v) is 3.75. The number of unbranched alkanes of at least 4 members (excludes halogenated alkanes) is 4. The van der Waals surface area contributed by atoms with Crippen molar-refractivity contribution >= 4 is 11.6 Å². The van der Waals surface area contributed by atoms with Gasteiger partial charge in [-0.25, -0.2) is 5.43 Å². The number of hydrazone groups is 1. The van der Waals surface area contributed by atoms with Crippen molar-refractivity contribution in [2.24, 2.45) is 5.10 Å². The molecule has 0 bridgehead atoms. The van der Waals surface area contributed by atoms with Gasteiger partial charge >= 0.3 is 0 Å². The van der Waals surface area contributed by atoms with E-state index in [9.17, 15) is 4.79 Å². The minimum absolute atomic E-state index is 0.103. The summed E-state index contributed by atoms with van der Waals surface area (Å²) in [4.78, 5) is 12.2. The van der Waals surface area contributed by atoms with Gasteiger partial charge in [-0.05, 0) is 34.1 Å². The van der Waals surface area contributed by atoms with E-state index in [0.717, 1.165) is 19.3 Å². The van der Waals surface area contributed by atoms with E-state index in [1.807, 2.05) is 27.7 Å². The first-order valence-corrected chi connectivity index (χ1v) is 10.4. The Hall–Kier alpha value is -1.06. The third kappa shape index (κ3) is 5.30. The Morgan fingerprint density at radius 1 is 1.04 bits per heavy atom. The number of carbonyl (C=O) groups excluding carboxylic acids is 1. The Kier molecular flexibility index (Phi) is 6.76. The Labute approximate surface area is 167 Å². The Morgan fingerprint density at radius 3 is 2.46 bits per heavy atom. The predicted octanol–water partition coefficient (Wildman–Crippen LogP) is 2.85. The number of nitrogens with zero attached hydrogens (tertiary/aromatic N) is 1. The van der Waals surface area contributed by atoms with Gasteiger partial charge in [0.05, 0.1) is 6.61 Å². The van der Waals surface area contributed by atoms with Gasteiger partial charge in [0.1, 0.15) is 17.9 Å². The first-order valence-electron chi connectivity index (χ1n) is 10.4. The topological polar surface area (TPSA) is 87.6 Å². The summed E-state index contributed by atoms with van der Waals surface area (Å²) >= 11 is 0. The first-order chi connectivity index (χ1) is 13.2. The predicted molar refractivity (Wildman–Crippen MR) is 103 cm³/mol. The zero-order chi connectivity index (χ0) is 20.4. The summed E-state index contributed by atoms with van der Waals surface area (Å²) in [6.45, 7) is 9.92. The zero-order valence-electron chi connectivity index (χ0n) is 17.7. The first kappa shape index (κ1) is 21.6. The molecule has 3 aliphatic heterocycles. The van der Waals surface area contributed by atoms with Gasteiger partial charge in [-0.3, -0.25) is 4.79 Å². The number of ether oxygens (including phenoxy) is 5. The van der Waals surface area contributed by atoms with Crippen molar-refractivity contribution < 1.29 is 28.5 Å². The zero-order valence-corrected chi connectivity index (χ0v) is 17.7. The quantitative estimate of drug-likeness (QED) is 0.500. The lowest BCUT2D eigenvalue weighted by atomic mass is 10.1. The van der Waals surface area contributed by atoms with Crippen LogP contribution in [0.3, 0.4) is 0 Å². The largest absolute Gasteiger partial charge is 0.348 e. The molecule has 0 aromatic rings. The highest BCUT2D eigenvalue weighted by Crippen LogP contribution is 2.39. The molecule has 3 fully saturated rings. The molecule has 0 aromatic carbocycles. The van der Waals surface area contributed by atoms with Gasteiger partial charge in [0.25, 0.3) is 0 Å². The molecule has 0 unspecified atom stereocenters. The van der Waals surface area contributed by atoms with E-state index in [1.54, 1.807) is 0 Å². The molecule has 0 spiro atoms. The molecule has 3 aliphatic rings. The second-order valence-electron chi connectivity index (χ2n) is 8.58. The smallest absolute Gasteiger partial charge is 0.240 e. The van der Waals surface area contributed by atoms with Crippen LogP contribution in [0.2, 0.25) is 0 Å². The van der Waals surface area contributed by atoms with Gasteiger partial charge in [-0.15, -0.1) is 0 Å². The molecule has 1 N–H and O–H groups in total. The van der Waals surface area contributed by atoms with E-state index in [-0.39, 0.29) is 12.0 Å². The lowest BCUT2D eigenvalue weighted by molar-refractivity contribution is -0.211. The molecule has 8 nitrogen and oxygen atoms in total. The highest BCUT2D eigenvalue weighted by atomic mass is 16.8. The normalized spacial score (nSPS) is 34.7. The third-order valence-corrected chi connectivity index (χ3v) is 5.11. The van der Waals surface area contributed by atoms with E-state index < -0.39 is 30.1 Å². The Balaban J connectivity index is 1.62. The molecular formula is C20H34N2O6. The molecule has 0 radical (unpaired) electrons. The number of hydrogen-bond acceptors (Lipinski definition) is 7.